The molecule has 0 saturated heterocycles. The minimum atomic E-state index is -0.571. The van der Waals surface area contributed by atoms with Gasteiger partial charge in [-0.1, -0.05) is 23.2 Å². The highest BCUT2D eigenvalue weighted by molar-refractivity contribution is 7.11. The second-order valence-corrected chi connectivity index (χ2v) is 10.9. The molecular formula is C25H26Cl2N10O4S. The van der Waals surface area contributed by atoms with Crippen molar-refractivity contribution in [3.05, 3.63) is 68.9 Å². The van der Waals surface area contributed by atoms with Crippen LogP contribution in [0.25, 0.3) is 0 Å². The van der Waals surface area contributed by atoms with Crippen molar-refractivity contribution < 1.29 is 19.2 Å². The molecule has 0 aliphatic heterocycles. The Morgan fingerprint density at radius 2 is 1.24 bits per heavy atom. The number of anilines is 3. The van der Waals surface area contributed by atoms with Crippen molar-refractivity contribution in [2.24, 2.45) is 26.9 Å². The Kier molecular flexibility index (Phi) is 9.04. The number of rotatable bonds is 10. The number of nitrogens with two attached hydrogens (primary N) is 1. The first-order valence-corrected chi connectivity index (χ1v) is 13.7. The summed E-state index contributed by atoms with van der Waals surface area (Å²) in [7, 11) is 4.95. The molecule has 4 aromatic rings. The fraction of sp³-hybridized carbons (Fsp3) is 0.200. The van der Waals surface area contributed by atoms with Gasteiger partial charge in [-0.2, -0.15) is 4.37 Å². The van der Waals surface area contributed by atoms with Crippen LogP contribution in [-0.4, -0.2) is 54.1 Å². The van der Waals surface area contributed by atoms with Crippen molar-refractivity contribution >= 4 is 81.3 Å². The van der Waals surface area contributed by atoms with Crippen molar-refractivity contribution in [3.63, 3.8) is 0 Å². The summed E-state index contributed by atoms with van der Waals surface area (Å²) in [5.74, 6) is -1.92. The van der Waals surface area contributed by atoms with E-state index in [4.69, 9.17) is 34.3 Å². The minimum Gasteiger partial charge on any atom is -0.388 e. The lowest BCUT2D eigenvalue weighted by Crippen LogP contribution is -2.28. The van der Waals surface area contributed by atoms with Crippen molar-refractivity contribution in [2.75, 3.05) is 22.5 Å². The molecule has 0 spiro atoms. The van der Waals surface area contributed by atoms with E-state index in [-0.39, 0.29) is 51.1 Å². The van der Waals surface area contributed by atoms with Crippen LogP contribution in [0, 0.1) is 5.41 Å². The normalized spacial score (nSPS) is 10.8. The van der Waals surface area contributed by atoms with Crippen LogP contribution < -0.4 is 27.0 Å². The van der Waals surface area contributed by atoms with Crippen LogP contribution in [0.15, 0.2) is 36.8 Å². The summed E-state index contributed by atoms with van der Waals surface area (Å²) < 4.78 is 8.76. The molecule has 0 atom stereocenters. The first-order valence-electron chi connectivity index (χ1n) is 12.2. The SMILES string of the molecule is Cn1cc(NC(=O)c2cc(NC(=O)c3cc(NC(=O)c4nsc(Cl)c4Cl)cn3C)cn2C)cc1C(=O)NCCC(=N)N. The van der Waals surface area contributed by atoms with Gasteiger partial charge in [0.25, 0.3) is 23.6 Å². The van der Waals surface area contributed by atoms with Gasteiger partial charge in [0.05, 0.1) is 22.9 Å². The third-order valence-corrected chi connectivity index (χ3v) is 7.59. The van der Waals surface area contributed by atoms with Crippen LogP contribution in [-0.2, 0) is 21.1 Å². The van der Waals surface area contributed by atoms with E-state index in [0.717, 1.165) is 11.5 Å². The molecule has 0 radical (unpaired) electrons. The molecule has 0 aliphatic carbocycles. The third kappa shape index (κ3) is 6.82. The largest absolute Gasteiger partial charge is 0.388 e. The lowest BCUT2D eigenvalue weighted by molar-refractivity contribution is 0.0944. The summed E-state index contributed by atoms with van der Waals surface area (Å²) in [6.45, 7) is 0.217. The number of amides is 4. The van der Waals surface area contributed by atoms with Gasteiger partial charge in [0.15, 0.2) is 5.69 Å². The molecular weight excluding hydrogens is 607 g/mol. The number of hydrogen-bond donors (Lipinski definition) is 6. The summed E-state index contributed by atoms with van der Waals surface area (Å²) in [6, 6.07) is 4.51. The summed E-state index contributed by atoms with van der Waals surface area (Å²) in [4.78, 5) is 50.9. The lowest BCUT2D eigenvalue weighted by atomic mass is 10.3. The minimum absolute atomic E-state index is 0.0173. The van der Waals surface area contributed by atoms with E-state index < -0.39 is 17.7 Å². The zero-order valence-electron chi connectivity index (χ0n) is 22.5. The molecule has 4 aromatic heterocycles. The van der Waals surface area contributed by atoms with Gasteiger partial charge in [-0.05, 0) is 29.7 Å². The standard InChI is InChI=1S/C25H26Cl2N10O4S/c1-35-9-12(6-15(35)22(38)30-5-4-18(28)29)31-23(39)16-7-13(10-36(16)2)32-24(40)17-8-14(11-37(17)3)33-25(41)20-19(26)21(27)42-34-20/h6-11H,4-5H2,1-3H3,(H3,28,29)(H,30,38)(H,31,39)(H,32,40)(H,33,41). The first-order chi connectivity index (χ1) is 19.8. The maximum Gasteiger partial charge on any atom is 0.277 e. The maximum atomic E-state index is 13.0. The van der Waals surface area contributed by atoms with E-state index in [0.29, 0.717) is 22.8 Å². The highest BCUT2D eigenvalue weighted by Gasteiger charge is 2.21. The van der Waals surface area contributed by atoms with Gasteiger partial charge < -0.3 is 40.7 Å². The van der Waals surface area contributed by atoms with E-state index in [9.17, 15) is 19.2 Å². The van der Waals surface area contributed by atoms with Crippen LogP contribution in [0.4, 0.5) is 17.1 Å². The molecule has 42 heavy (non-hydrogen) atoms. The van der Waals surface area contributed by atoms with Gasteiger partial charge in [-0.3, -0.25) is 24.6 Å². The number of carbonyl (C=O) groups excluding carboxylic acids is 4. The number of amidine groups is 1. The van der Waals surface area contributed by atoms with E-state index in [1.165, 1.54) is 22.8 Å². The summed E-state index contributed by atoms with van der Waals surface area (Å²) in [5, 5.41) is 18.1. The molecule has 0 saturated carbocycles. The van der Waals surface area contributed by atoms with Gasteiger partial charge in [0, 0.05) is 52.7 Å². The predicted octanol–water partition coefficient (Wildman–Crippen LogP) is 3.28. The molecule has 0 aromatic carbocycles. The first kappa shape index (κ1) is 30.4. The van der Waals surface area contributed by atoms with E-state index in [1.807, 2.05) is 0 Å². The number of halogens is 2. The van der Waals surface area contributed by atoms with Gasteiger partial charge in [-0.25, -0.2) is 0 Å². The molecule has 4 heterocycles. The van der Waals surface area contributed by atoms with Crippen LogP contribution >= 0.6 is 34.7 Å². The molecule has 0 aliphatic rings. The van der Waals surface area contributed by atoms with Crippen molar-refractivity contribution in [2.45, 2.75) is 6.42 Å². The van der Waals surface area contributed by atoms with Crippen molar-refractivity contribution in [1.29, 1.82) is 5.41 Å². The van der Waals surface area contributed by atoms with E-state index >= 15 is 0 Å². The summed E-state index contributed by atoms with van der Waals surface area (Å²) in [6.07, 6.45) is 4.94. The highest BCUT2D eigenvalue weighted by atomic mass is 35.5. The molecule has 17 heteroatoms. The monoisotopic (exact) mass is 632 g/mol. The zero-order valence-corrected chi connectivity index (χ0v) is 24.9. The molecule has 14 nitrogen and oxygen atoms in total. The maximum absolute atomic E-state index is 13.0. The number of carbonyl (C=O) groups is 4. The smallest absolute Gasteiger partial charge is 0.277 e. The van der Waals surface area contributed by atoms with Crippen LogP contribution in [0.3, 0.4) is 0 Å². The quantitative estimate of drug-likeness (QED) is 0.115. The Morgan fingerprint density at radius 3 is 1.64 bits per heavy atom. The lowest BCUT2D eigenvalue weighted by Gasteiger charge is -2.04. The van der Waals surface area contributed by atoms with Crippen LogP contribution in [0.2, 0.25) is 9.36 Å². The number of nitrogens with one attached hydrogen (secondary N) is 5. The zero-order chi connectivity index (χ0) is 30.7. The Hall–Kier alpha value is -4.60. The molecule has 0 unspecified atom stereocenters. The average molecular weight is 634 g/mol. The number of aryl methyl sites for hydroxylation is 3. The average Bonchev–Trinajstić information content (AvgIpc) is 3.65. The molecule has 0 fully saturated rings. The van der Waals surface area contributed by atoms with Crippen LogP contribution in [0.5, 0.6) is 0 Å². The predicted molar refractivity (Wildman–Crippen MR) is 161 cm³/mol. The van der Waals surface area contributed by atoms with Gasteiger partial charge >= 0.3 is 0 Å². The Morgan fingerprint density at radius 1 is 0.810 bits per heavy atom. The fourth-order valence-electron chi connectivity index (χ4n) is 3.96. The van der Waals surface area contributed by atoms with Gasteiger partial charge in [0.2, 0.25) is 0 Å². The number of nitrogens with zero attached hydrogens (tertiary/aromatic N) is 4. The molecule has 0 bridgehead atoms. The number of hydrogen-bond acceptors (Lipinski definition) is 7. The van der Waals surface area contributed by atoms with Gasteiger partial charge in [-0.15, -0.1) is 0 Å². The Labute approximate surface area is 253 Å². The molecule has 220 valence electrons. The highest BCUT2D eigenvalue weighted by Crippen LogP contribution is 2.30. The van der Waals surface area contributed by atoms with Crippen molar-refractivity contribution in [1.82, 2.24) is 23.4 Å². The third-order valence-electron chi connectivity index (χ3n) is 5.98. The summed E-state index contributed by atoms with van der Waals surface area (Å²) in [5.41, 5.74) is 7.19. The topological polar surface area (TPSA) is 194 Å². The van der Waals surface area contributed by atoms with Crippen molar-refractivity contribution in [3.8, 4) is 0 Å². The number of aromatic nitrogens is 4. The van der Waals surface area contributed by atoms with E-state index in [2.05, 4.69) is 25.6 Å². The van der Waals surface area contributed by atoms with Crippen LogP contribution in [0.1, 0.15) is 48.4 Å². The fourth-order valence-corrected chi connectivity index (χ4v) is 4.95. The Bertz CT molecular complexity index is 1720. The Balaban J connectivity index is 1.39. The second-order valence-electron chi connectivity index (χ2n) is 9.19. The van der Waals surface area contributed by atoms with Gasteiger partial charge in [0.1, 0.15) is 26.4 Å². The second kappa shape index (κ2) is 12.5. The van der Waals surface area contributed by atoms with E-state index in [1.54, 1.807) is 48.9 Å². The molecule has 7 N–H and O–H groups in total. The molecule has 4 rings (SSSR count). The summed E-state index contributed by atoms with van der Waals surface area (Å²) >= 11 is 12.8. The molecule has 4 amide bonds.